The van der Waals surface area contributed by atoms with Crippen molar-refractivity contribution in [2.75, 3.05) is 7.11 Å². The Labute approximate surface area is 153 Å². The first kappa shape index (κ1) is 19.2. The highest BCUT2D eigenvalue weighted by Crippen LogP contribution is 2.13. The maximum Gasteiger partial charge on any atom is 0.355 e. The molecule has 6 nitrogen and oxygen atoms in total. The van der Waals surface area contributed by atoms with E-state index in [1.807, 2.05) is 18.2 Å². The maximum absolute atomic E-state index is 11.9. The number of carbonyl (C=O) groups is 1. The first-order chi connectivity index (χ1) is 12.7. The van der Waals surface area contributed by atoms with Gasteiger partial charge in [0, 0.05) is 23.5 Å². The van der Waals surface area contributed by atoms with Crippen molar-refractivity contribution in [3.8, 4) is 0 Å². The molecule has 0 saturated carbocycles. The smallest absolute Gasteiger partial charge is 0.355 e. The van der Waals surface area contributed by atoms with Crippen molar-refractivity contribution in [3.05, 3.63) is 65.9 Å². The number of allylic oxidation sites excluding steroid dienone is 2. The van der Waals surface area contributed by atoms with Gasteiger partial charge in [0.15, 0.2) is 0 Å². The Balaban J connectivity index is 2.32. The number of rotatable bonds is 9. The number of aliphatic imine (C=N–C) groups is 1. The minimum atomic E-state index is -0.424. The number of ether oxygens (including phenoxy) is 1. The van der Waals surface area contributed by atoms with E-state index in [4.69, 9.17) is 4.74 Å². The highest BCUT2D eigenvalue weighted by Gasteiger charge is 2.15. The highest BCUT2D eigenvalue weighted by atomic mass is 16.5. The molecule has 0 bridgehead atoms. The summed E-state index contributed by atoms with van der Waals surface area (Å²) in [4.78, 5) is 19.4. The number of hydrogen-bond donors (Lipinski definition) is 2. The first-order valence-electron chi connectivity index (χ1n) is 8.54. The van der Waals surface area contributed by atoms with E-state index in [9.17, 15) is 4.79 Å². The van der Waals surface area contributed by atoms with Crippen LogP contribution in [0.15, 0.2) is 48.4 Å². The molecule has 2 aromatic heterocycles. The lowest BCUT2D eigenvalue weighted by Crippen LogP contribution is -2.08. The van der Waals surface area contributed by atoms with Crippen LogP contribution in [0.2, 0.25) is 0 Å². The second kappa shape index (κ2) is 9.98. The molecule has 136 valence electrons. The van der Waals surface area contributed by atoms with Crippen LogP contribution in [-0.4, -0.2) is 34.0 Å². The molecule has 0 amide bonds. The number of aromatic amines is 2. The fourth-order valence-corrected chi connectivity index (χ4v) is 2.37. The SMILES string of the molecule is C=Cc1[nH]ncc1/C=C/N=C(\C=C\CCCC)c1cc[nH]c1C(=O)OC. The van der Waals surface area contributed by atoms with Crippen molar-refractivity contribution in [2.45, 2.75) is 26.2 Å². The van der Waals surface area contributed by atoms with E-state index in [1.165, 1.54) is 7.11 Å². The van der Waals surface area contributed by atoms with Gasteiger partial charge in [0.25, 0.3) is 0 Å². The second-order valence-corrected chi connectivity index (χ2v) is 5.58. The molecular weight excluding hydrogens is 328 g/mol. The standard InChI is InChI=1S/C20H24N4O2/c1-4-6-7-8-9-18(16-11-13-22-19(16)20(25)26-3)21-12-10-15-14-23-24-17(15)5-2/h5,8-14,22H,2,4,6-7H2,1,3H3,(H,23,24)/b9-8+,12-10+,21-18+. The molecule has 2 N–H and O–H groups in total. The van der Waals surface area contributed by atoms with Crippen LogP contribution in [0, 0.1) is 0 Å². The Morgan fingerprint density at radius 3 is 3.04 bits per heavy atom. The van der Waals surface area contributed by atoms with Crippen LogP contribution in [0.4, 0.5) is 0 Å². The van der Waals surface area contributed by atoms with Gasteiger partial charge in [0.1, 0.15) is 5.69 Å². The Morgan fingerprint density at radius 2 is 2.31 bits per heavy atom. The van der Waals surface area contributed by atoms with Crippen LogP contribution in [0.25, 0.3) is 12.2 Å². The molecule has 0 fully saturated rings. The zero-order valence-corrected chi connectivity index (χ0v) is 15.2. The minimum Gasteiger partial charge on any atom is -0.464 e. The molecule has 0 aliphatic carbocycles. The molecule has 2 aromatic rings. The molecule has 2 rings (SSSR count). The molecule has 0 aromatic carbocycles. The van der Waals surface area contributed by atoms with Crippen LogP contribution in [0.1, 0.15) is 53.5 Å². The Morgan fingerprint density at radius 1 is 1.46 bits per heavy atom. The Hall–Kier alpha value is -3.15. The van der Waals surface area contributed by atoms with Crippen molar-refractivity contribution in [3.63, 3.8) is 0 Å². The lowest BCUT2D eigenvalue weighted by molar-refractivity contribution is 0.0594. The third-order valence-electron chi connectivity index (χ3n) is 3.78. The average molecular weight is 352 g/mol. The van der Waals surface area contributed by atoms with Crippen LogP contribution in [0.3, 0.4) is 0 Å². The van der Waals surface area contributed by atoms with E-state index in [1.54, 1.807) is 24.7 Å². The van der Waals surface area contributed by atoms with Gasteiger partial charge < -0.3 is 9.72 Å². The number of unbranched alkanes of at least 4 members (excludes halogenated alkanes) is 2. The maximum atomic E-state index is 11.9. The third kappa shape index (κ3) is 4.92. The Bertz CT molecular complexity index is 824. The predicted molar refractivity (Wildman–Crippen MR) is 105 cm³/mol. The fourth-order valence-electron chi connectivity index (χ4n) is 2.37. The quantitative estimate of drug-likeness (QED) is 0.399. The van der Waals surface area contributed by atoms with Crippen molar-refractivity contribution < 1.29 is 9.53 Å². The van der Waals surface area contributed by atoms with Gasteiger partial charge in [-0.25, -0.2) is 4.79 Å². The van der Waals surface area contributed by atoms with E-state index in [0.717, 1.165) is 30.5 Å². The molecule has 0 saturated heterocycles. The summed E-state index contributed by atoms with van der Waals surface area (Å²) in [5.74, 6) is -0.424. The largest absolute Gasteiger partial charge is 0.464 e. The average Bonchev–Trinajstić information content (AvgIpc) is 3.32. The molecule has 0 radical (unpaired) electrons. The molecule has 26 heavy (non-hydrogen) atoms. The summed E-state index contributed by atoms with van der Waals surface area (Å²) in [7, 11) is 1.36. The molecule has 0 spiro atoms. The van der Waals surface area contributed by atoms with Gasteiger partial charge in [-0.3, -0.25) is 10.1 Å². The number of nitrogens with one attached hydrogen (secondary N) is 2. The summed E-state index contributed by atoms with van der Waals surface area (Å²) in [6, 6.07) is 1.82. The van der Waals surface area contributed by atoms with Gasteiger partial charge in [-0.2, -0.15) is 5.10 Å². The van der Waals surface area contributed by atoms with Gasteiger partial charge >= 0.3 is 5.97 Å². The summed E-state index contributed by atoms with van der Waals surface area (Å²) in [6.45, 7) is 5.89. The number of aromatic nitrogens is 3. The molecule has 2 heterocycles. The second-order valence-electron chi connectivity index (χ2n) is 5.58. The zero-order chi connectivity index (χ0) is 18.8. The summed E-state index contributed by atoms with van der Waals surface area (Å²) < 4.78 is 4.83. The minimum absolute atomic E-state index is 0.384. The van der Waals surface area contributed by atoms with Crippen molar-refractivity contribution in [1.82, 2.24) is 15.2 Å². The van der Waals surface area contributed by atoms with Crippen LogP contribution < -0.4 is 0 Å². The number of methoxy groups -OCH3 is 1. The first-order valence-corrected chi connectivity index (χ1v) is 8.54. The van der Waals surface area contributed by atoms with Gasteiger partial charge in [-0.1, -0.05) is 32.4 Å². The van der Waals surface area contributed by atoms with Crippen molar-refractivity contribution in [2.24, 2.45) is 4.99 Å². The van der Waals surface area contributed by atoms with Crippen LogP contribution in [-0.2, 0) is 4.74 Å². The fraction of sp³-hybridized carbons (Fsp3) is 0.250. The molecule has 0 aliphatic rings. The van der Waals surface area contributed by atoms with Crippen molar-refractivity contribution >= 4 is 23.8 Å². The number of hydrogen-bond acceptors (Lipinski definition) is 4. The van der Waals surface area contributed by atoms with E-state index < -0.39 is 5.97 Å². The van der Waals surface area contributed by atoms with E-state index in [2.05, 4.69) is 39.8 Å². The lowest BCUT2D eigenvalue weighted by Gasteiger charge is -2.02. The molecule has 6 heteroatoms. The van der Waals surface area contributed by atoms with Crippen LogP contribution >= 0.6 is 0 Å². The van der Waals surface area contributed by atoms with Gasteiger partial charge in [0.2, 0.25) is 0 Å². The topological polar surface area (TPSA) is 83.1 Å². The number of nitrogens with zero attached hydrogens (tertiary/aromatic N) is 2. The number of carbonyl (C=O) groups excluding carboxylic acids is 1. The predicted octanol–water partition coefficient (Wildman–Crippen LogP) is 4.37. The van der Waals surface area contributed by atoms with Gasteiger partial charge in [0.05, 0.1) is 24.7 Å². The zero-order valence-electron chi connectivity index (χ0n) is 15.2. The third-order valence-corrected chi connectivity index (χ3v) is 3.78. The van der Waals surface area contributed by atoms with E-state index in [0.29, 0.717) is 17.0 Å². The summed E-state index contributed by atoms with van der Waals surface area (Å²) in [6.07, 6.45) is 15.8. The summed E-state index contributed by atoms with van der Waals surface area (Å²) in [5, 5.41) is 6.84. The normalized spacial score (nSPS) is 12.2. The molecular formula is C20H24N4O2. The Kier molecular flexibility index (Phi) is 7.36. The number of esters is 1. The van der Waals surface area contributed by atoms with Gasteiger partial charge in [-0.05, 0) is 30.7 Å². The van der Waals surface area contributed by atoms with E-state index >= 15 is 0 Å². The monoisotopic (exact) mass is 352 g/mol. The molecule has 0 aliphatic heterocycles. The lowest BCUT2D eigenvalue weighted by atomic mass is 10.1. The van der Waals surface area contributed by atoms with Crippen molar-refractivity contribution in [1.29, 1.82) is 0 Å². The summed E-state index contributed by atoms with van der Waals surface area (Å²) in [5.41, 5.74) is 3.48. The summed E-state index contributed by atoms with van der Waals surface area (Å²) >= 11 is 0. The highest BCUT2D eigenvalue weighted by molar-refractivity contribution is 6.14. The van der Waals surface area contributed by atoms with Gasteiger partial charge in [-0.15, -0.1) is 0 Å². The number of H-pyrrole nitrogens is 2. The van der Waals surface area contributed by atoms with E-state index in [-0.39, 0.29) is 0 Å². The molecule has 0 atom stereocenters. The molecule has 0 unspecified atom stereocenters. The van der Waals surface area contributed by atoms with Crippen LogP contribution in [0.5, 0.6) is 0 Å².